The van der Waals surface area contributed by atoms with Gasteiger partial charge >= 0.3 is 5.97 Å². The van der Waals surface area contributed by atoms with Crippen LogP contribution in [0, 0.1) is 0 Å². The number of rotatable bonds is 5. The maximum atomic E-state index is 12.4. The number of anilines is 1. The molecule has 0 aliphatic rings. The van der Waals surface area contributed by atoms with Crippen LogP contribution in [-0.2, 0) is 14.8 Å². The van der Waals surface area contributed by atoms with Crippen LogP contribution in [0.2, 0.25) is 0 Å². The zero-order valence-corrected chi connectivity index (χ0v) is 12.9. The second kappa shape index (κ2) is 5.80. The zero-order valence-electron chi connectivity index (χ0n) is 12.1. The van der Waals surface area contributed by atoms with Crippen molar-refractivity contribution in [1.29, 1.82) is 0 Å². The van der Waals surface area contributed by atoms with Crippen LogP contribution < -0.4 is 10.5 Å². The molecule has 0 atom stereocenters. The highest BCUT2D eigenvalue weighted by atomic mass is 32.2. The molecule has 1 aromatic carbocycles. The first-order valence-electron chi connectivity index (χ1n) is 6.15. The van der Waals surface area contributed by atoms with E-state index in [4.69, 9.17) is 5.73 Å². The Labute approximate surface area is 119 Å². The van der Waals surface area contributed by atoms with Crippen molar-refractivity contribution in [3.05, 3.63) is 23.8 Å². The lowest BCUT2D eigenvalue weighted by Crippen LogP contribution is -2.43. The van der Waals surface area contributed by atoms with Crippen molar-refractivity contribution in [3.8, 4) is 0 Å². The smallest absolute Gasteiger partial charge is 0.339 e. The second-order valence-electron chi connectivity index (χ2n) is 5.09. The van der Waals surface area contributed by atoms with Gasteiger partial charge in [-0.05, 0) is 38.5 Å². The summed E-state index contributed by atoms with van der Waals surface area (Å²) >= 11 is 0. The van der Waals surface area contributed by atoms with Gasteiger partial charge in [-0.2, -0.15) is 0 Å². The third kappa shape index (κ3) is 3.71. The molecule has 1 aromatic rings. The summed E-state index contributed by atoms with van der Waals surface area (Å²) < 4.78 is 32.0. The predicted molar refractivity (Wildman–Crippen MR) is 76.9 cm³/mol. The minimum Gasteiger partial charge on any atom is -0.465 e. The Bertz CT molecular complexity index is 609. The van der Waals surface area contributed by atoms with Gasteiger partial charge in [-0.1, -0.05) is 6.92 Å². The summed E-state index contributed by atoms with van der Waals surface area (Å²) in [6.45, 7) is 5.38. The molecule has 0 spiro atoms. The van der Waals surface area contributed by atoms with Crippen molar-refractivity contribution < 1.29 is 17.9 Å². The largest absolute Gasteiger partial charge is 0.465 e. The highest BCUT2D eigenvalue weighted by Crippen LogP contribution is 2.22. The van der Waals surface area contributed by atoms with E-state index in [0.717, 1.165) is 0 Å². The second-order valence-corrected chi connectivity index (χ2v) is 6.74. The van der Waals surface area contributed by atoms with Crippen LogP contribution in [0.1, 0.15) is 37.6 Å². The van der Waals surface area contributed by atoms with Gasteiger partial charge in [0.05, 0.1) is 17.6 Å². The van der Waals surface area contributed by atoms with Gasteiger partial charge in [-0.15, -0.1) is 0 Å². The lowest BCUT2D eigenvalue weighted by atomic mass is 10.0. The molecule has 112 valence electrons. The summed E-state index contributed by atoms with van der Waals surface area (Å²) in [5, 5.41) is 0. The summed E-state index contributed by atoms with van der Waals surface area (Å²) in [5.41, 5.74) is 5.21. The molecule has 20 heavy (non-hydrogen) atoms. The van der Waals surface area contributed by atoms with Crippen molar-refractivity contribution >= 4 is 21.7 Å². The van der Waals surface area contributed by atoms with E-state index in [1.54, 1.807) is 13.8 Å². The minimum absolute atomic E-state index is 0.0406. The number of nitrogens with one attached hydrogen (secondary N) is 1. The average molecular weight is 300 g/mol. The number of nitrogen functional groups attached to an aromatic ring is 1. The van der Waals surface area contributed by atoms with E-state index in [1.165, 1.54) is 25.3 Å². The van der Waals surface area contributed by atoms with Gasteiger partial charge in [0.2, 0.25) is 10.0 Å². The Balaban J connectivity index is 3.37. The number of nitrogens with two attached hydrogens (primary N) is 1. The fourth-order valence-corrected chi connectivity index (χ4v) is 3.24. The Morgan fingerprint density at radius 3 is 2.50 bits per heavy atom. The zero-order chi connectivity index (χ0) is 15.6. The van der Waals surface area contributed by atoms with Crippen molar-refractivity contribution in [1.82, 2.24) is 4.72 Å². The molecule has 0 aliphatic carbocycles. The Morgan fingerprint density at radius 1 is 1.40 bits per heavy atom. The molecule has 0 radical (unpaired) electrons. The van der Waals surface area contributed by atoms with Gasteiger partial charge in [-0.25, -0.2) is 17.9 Å². The van der Waals surface area contributed by atoms with Crippen molar-refractivity contribution in [2.24, 2.45) is 0 Å². The highest BCUT2D eigenvalue weighted by molar-refractivity contribution is 7.89. The fraction of sp³-hybridized carbons (Fsp3) is 0.462. The SMILES string of the molecule is CCC(C)(C)NS(=O)(=O)c1cc(N)ccc1C(=O)OC. The van der Waals surface area contributed by atoms with Gasteiger partial charge in [0.1, 0.15) is 0 Å². The lowest BCUT2D eigenvalue weighted by Gasteiger charge is -2.24. The molecule has 0 amide bonds. The van der Waals surface area contributed by atoms with Gasteiger partial charge in [0.25, 0.3) is 0 Å². The third-order valence-electron chi connectivity index (χ3n) is 3.00. The summed E-state index contributed by atoms with van der Waals surface area (Å²) in [6, 6.07) is 4.05. The number of sulfonamides is 1. The molecule has 0 saturated carbocycles. The topological polar surface area (TPSA) is 98.5 Å². The van der Waals surface area contributed by atoms with Crippen molar-refractivity contribution in [2.75, 3.05) is 12.8 Å². The van der Waals surface area contributed by atoms with Gasteiger partial charge in [0.15, 0.2) is 0 Å². The maximum absolute atomic E-state index is 12.4. The molecule has 0 unspecified atom stereocenters. The molecule has 6 nitrogen and oxygen atoms in total. The van der Waals surface area contributed by atoms with Gasteiger partial charge in [-0.3, -0.25) is 0 Å². The summed E-state index contributed by atoms with van der Waals surface area (Å²) in [6.07, 6.45) is 0.599. The van der Waals surface area contributed by atoms with Crippen molar-refractivity contribution in [2.45, 2.75) is 37.6 Å². The summed E-state index contributed by atoms with van der Waals surface area (Å²) in [4.78, 5) is 11.5. The van der Waals surface area contributed by atoms with E-state index in [9.17, 15) is 13.2 Å². The Morgan fingerprint density at radius 2 is 2.00 bits per heavy atom. The van der Waals surface area contributed by atoms with Crippen LogP contribution in [0.25, 0.3) is 0 Å². The third-order valence-corrected chi connectivity index (χ3v) is 4.73. The first-order chi connectivity index (χ1) is 9.13. The van der Waals surface area contributed by atoms with Gasteiger partial charge in [0, 0.05) is 11.2 Å². The van der Waals surface area contributed by atoms with E-state index >= 15 is 0 Å². The van der Waals surface area contributed by atoms with E-state index in [1.807, 2.05) is 6.92 Å². The molecular formula is C13H20N2O4S. The van der Waals surface area contributed by atoms with Crippen LogP contribution >= 0.6 is 0 Å². The molecule has 7 heteroatoms. The number of hydrogen-bond acceptors (Lipinski definition) is 5. The number of ether oxygens (including phenoxy) is 1. The van der Waals surface area contributed by atoms with Gasteiger partial charge < -0.3 is 10.5 Å². The monoisotopic (exact) mass is 300 g/mol. The van der Waals surface area contributed by atoms with E-state index in [-0.39, 0.29) is 16.1 Å². The number of methoxy groups -OCH3 is 1. The van der Waals surface area contributed by atoms with Crippen molar-refractivity contribution in [3.63, 3.8) is 0 Å². The number of esters is 1. The summed E-state index contributed by atoms with van der Waals surface area (Å²) in [5.74, 6) is -0.723. The fourth-order valence-electron chi connectivity index (χ4n) is 1.53. The number of carbonyl (C=O) groups is 1. The van der Waals surface area contributed by atoms with E-state index < -0.39 is 21.5 Å². The number of benzene rings is 1. The predicted octanol–water partition coefficient (Wildman–Crippen LogP) is 1.52. The van der Waals surface area contributed by atoms with Crippen LogP contribution in [0.15, 0.2) is 23.1 Å². The molecule has 1 rings (SSSR count). The normalized spacial score (nSPS) is 12.2. The standard InChI is InChI=1S/C13H20N2O4S/c1-5-13(2,3)15-20(17,18)11-8-9(14)6-7-10(11)12(16)19-4/h6-8,15H,5,14H2,1-4H3. The number of hydrogen-bond donors (Lipinski definition) is 2. The van der Waals surface area contributed by atoms with Crippen LogP contribution in [0.4, 0.5) is 5.69 Å². The number of carbonyl (C=O) groups excluding carboxylic acids is 1. The lowest BCUT2D eigenvalue weighted by molar-refractivity contribution is 0.0596. The molecule has 0 heterocycles. The minimum atomic E-state index is -3.87. The molecular weight excluding hydrogens is 280 g/mol. The van der Waals surface area contributed by atoms with Crippen LogP contribution in [0.3, 0.4) is 0 Å². The Hall–Kier alpha value is -1.60. The first-order valence-corrected chi connectivity index (χ1v) is 7.63. The maximum Gasteiger partial charge on any atom is 0.339 e. The van der Waals surface area contributed by atoms with Crippen LogP contribution in [-0.4, -0.2) is 27.0 Å². The highest BCUT2D eigenvalue weighted by Gasteiger charge is 2.28. The molecule has 0 saturated heterocycles. The molecule has 0 aliphatic heterocycles. The molecule has 0 aromatic heterocycles. The molecule has 0 fully saturated rings. The quantitative estimate of drug-likeness (QED) is 0.634. The Kier molecular flexibility index (Phi) is 4.77. The van der Waals surface area contributed by atoms with E-state index in [0.29, 0.717) is 6.42 Å². The molecule has 0 bridgehead atoms. The average Bonchev–Trinajstić information content (AvgIpc) is 2.36. The summed E-state index contributed by atoms with van der Waals surface area (Å²) in [7, 11) is -2.68. The molecule has 3 N–H and O–H groups in total. The first kappa shape index (κ1) is 16.5. The van der Waals surface area contributed by atoms with E-state index in [2.05, 4.69) is 9.46 Å². The van der Waals surface area contributed by atoms with Crippen LogP contribution in [0.5, 0.6) is 0 Å².